The molecule has 0 aliphatic carbocycles. The third kappa shape index (κ3) is 5.56. The first kappa shape index (κ1) is 17.0. The van der Waals surface area contributed by atoms with Crippen LogP contribution in [-0.2, 0) is 14.3 Å². The zero-order valence-corrected chi connectivity index (χ0v) is 9.72. The summed E-state index contributed by atoms with van der Waals surface area (Å²) in [5.74, 6) is -1.89. The predicted molar refractivity (Wildman–Crippen MR) is 47.4 cm³/mol. The van der Waals surface area contributed by atoms with Crippen molar-refractivity contribution in [2.45, 2.75) is 45.5 Å². The molecule has 0 aromatic rings. The molecule has 0 aliphatic rings. The molecule has 0 saturated carbocycles. The Kier molecular flexibility index (Phi) is 5.45. The number of carbonyl (C=O) groups excluding carboxylic acids is 1. The lowest BCUT2D eigenvalue weighted by molar-refractivity contribution is -0.353. The fourth-order valence-electron chi connectivity index (χ4n) is 0.959. The highest BCUT2D eigenvalue weighted by Crippen LogP contribution is 2.37. The summed E-state index contributed by atoms with van der Waals surface area (Å²) in [4.78, 5) is 10.6. The molecule has 0 amide bonds. The van der Waals surface area contributed by atoms with Crippen LogP contribution in [0.2, 0.25) is 0 Å². The molecule has 0 rings (SSSR count). The molecule has 1 unspecified atom stereocenters. The van der Waals surface area contributed by atoms with E-state index in [-0.39, 0.29) is 0 Å². The van der Waals surface area contributed by atoms with E-state index in [0.29, 0.717) is 0 Å². The number of hydrogen-bond acceptors (Lipinski definition) is 3. The van der Waals surface area contributed by atoms with Gasteiger partial charge in [0, 0.05) is 12.8 Å². The molecule has 0 aromatic heterocycles. The molecule has 108 valence electrons. The van der Waals surface area contributed by atoms with Crippen LogP contribution in [0.15, 0.2) is 0 Å². The second-order valence-electron chi connectivity index (χ2n) is 3.82. The van der Waals surface area contributed by atoms with E-state index >= 15 is 0 Å². The highest BCUT2D eigenvalue weighted by atomic mass is 19.4. The van der Waals surface area contributed by atoms with Crippen LogP contribution >= 0.6 is 0 Å². The van der Waals surface area contributed by atoms with E-state index in [1.54, 1.807) is 0 Å². The first-order valence-corrected chi connectivity index (χ1v) is 4.81. The Labute approximate surface area is 99.0 Å². The smallest absolute Gasteiger partial charge is 0.423 e. The van der Waals surface area contributed by atoms with Crippen molar-refractivity contribution in [3.8, 4) is 0 Å². The van der Waals surface area contributed by atoms with Gasteiger partial charge in [-0.1, -0.05) is 13.8 Å². The second kappa shape index (κ2) is 5.77. The molecule has 0 aliphatic heterocycles. The highest BCUT2D eigenvalue weighted by molar-refractivity contribution is 5.66. The van der Waals surface area contributed by atoms with E-state index in [2.05, 4.69) is 9.47 Å². The maximum absolute atomic E-state index is 12.2. The minimum atomic E-state index is -5.63. The number of carbonyl (C=O) groups is 1. The highest BCUT2D eigenvalue weighted by Gasteiger charge is 2.59. The molecule has 1 atom stereocenters. The zero-order chi connectivity index (χ0) is 14.7. The lowest BCUT2D eigenvalue weighted by atomic mass is 10.2. The monoisotopic (exact) mass is 282 g/mol. The van der Waals surface area contributed by atoms with Gasteiger partial charge in [0.25, 0.3) is 6.10 Å². The summed E-state index contributed by atoms with van der Waals surface area (Å²) < 4.78 is 81.3. The molecular formula is C9H12F6O3. The summed E-state index contributed by atoms with van der Waals surface area (Å²) in [6.07, 6.45) is -17.2. The second-order valence-corrected chi connectivity index (χ2v) is 3.82. The number of esters is 1. The van der Waals surface area contributed by atoms with Crippen LogP contribution in [0.3, 0.4) is 0 Å². The van der Waals surface area contributed by atoms with Crippen molar-refractivity contribution in [1.29, 1.82) is 0 Å². The van der Waals surface area contributed by atoms with E-state index in [9.17, 15) is 31.1 Å². The van der Waals surface area contributed by atoms with Gasteiger partial charge in [-0.05, 0) is 0 Å². The Hall–Kier alpha value is -0.990. The Morgan fingerprint density at radius 1 is 1.00 bits per heavy atom. The molecule has 0 saturated heterocycles. The van der Waals surface area contributed by atoms with Crippen LogP contribution in [0.25, 0.3) is 0 Å². The largest absolute Gasteiger partial charge is 0.436 e. The standard InChI is InChI=1S/C9H12F6O3/c1-4(2)6(17-5(3)16)18-7(8(10,11)12)9(13,14)15/h4,6-7H,1-3H3. The fourth-order valence-corrected chi connectivity index (χ4v) is 0.959. The van der Waals surface area contributed by atoms with Crippen molar-refractivity contribution < 1.29 is 40.6 Å². The first-order valence-electron chi connectivity index (χ1n) is 4.81. The lowest BCUT2D eigenvalue weighted by Crippen LogP contribution is -2.48. The molecule has 9 heteroatoms. The molecule has 0 N–H and O–H groups in total. The Balaban J connectivity index is 5.00. The maximum Gasteiger partial charge on any atom is 0.423 e. The van der Waals surface area contributed by atoms with E-state index < -0.39 is 36.6 Å². The minimum Gasteiger partial charge on any atom is -0.436 e. The number of rotatable bonds is 4. The van der Waals surface area contributed by atoms with Crippen LogP contribution in [0.1, 0.15) is 20.8 Å². The maximum atomic E-state index is 12.2. The van der Waals surface area contributed by atoms with Gasteiger partial charge in [0.15, 0.2) is 0 Å². The van der Waals surface area contributed by atoms with Crippen molar-refractivity contribution in [3.05, 3.63) is 0 Å². The number of hydrogen-bond donors (Lipinski definition) is 0. The Morgan fingerprint density at radius 2 is 1.39 bits per heavy atom. The summed E-state index contributed by atoms with van der Waals surface area (Å²) in [5.41, 5.74) is 0. The third-order valence-corrected chi connectivity index (χ3v) is 1.69. The van der Waals surface area contributed by atoms with Crippen LogP contribution in [-0.4, -0.2) is 30.7 Å². The lowest BCUT2D eigenvalue weighted by Gasteiger charge is -2.29. The van der Waals surface area contributed by atoms with Crippen molar-refractivity contribution in [3.63, 3.8) is 0 Å². The molecule has 0 fully saturated rings. The average Bonchev–Trinajstić information content (AvgIpc) is 2.06. The van der Waals surface area contributed by atoms with E-state index in [4.69, 9.17) is 0 Å². The van der Waals surface area contributed by atoms with Gasteiger partial charge in [-0.25, -0.2) is 0 Å². The molecule has 0 heterocycles. The van der Waals surface area contributed by atoms with Crippen LogP contribution in [0.4, 0.5) is 26.3 Å². The van der Waals surface area contributed by atoms with E-state index in [1.807, 2.05) is 0 Å². The van der Waals surface area contributed by atoms with Gasteiger partial charge in [0.1, 0.15) is 0 Å². The summed E-state index contributed by atoms with van der Waals surface area (Å²) in [5, 5.41) is 0. The zero-order valence-electron chi connectivity index (χ0n) is 9.72. The Bertz CT molecular complexity index is 269. The quantitative estimate of drug-likeness (QED) is 0.451. The van der Waals surface area contributed by atoms with Crippen molar-refractivity contribution >= 4 is 5.97 Å². The van der Waals surface area contributed by atoms with Gasteiger partial charge < -0.3 is 9.47 Å². The summed E-state index contributed by atoms with van der Waals surface area (Å²) >= 11 is 0. The SMILES string of the molecule is CC(=O)OC(OC(C(F)(F)F)C(F)(F)F)C(C)C. The number of alkyl halides is 6. The van der Waals surface area contributed by atoms with Crippen molar-refractivity contribution in [2.75, 3.05) is 0 Å². The summed E-state index contributed by atoms with van der Waals surface area (Å²) in [6, 6.07) is 0. The summed E-state index contributed by atoms with van der Waals surface area (Å²) in [6.45, 7) is 3.38. The predicted octanol–water partition coefficient (Wildman–Crippen LogP) is 3.04. The van der Waals surface area contributed by atoms with Gasteiger partial charge in [-0.3, -0.25) is 4.79 Å². The molecule has 0 radical (unpaired) electrons. The third-order valence-electron chi connectivity index (χ3n) is 1.69. The molecule has 3 nitrogen and oxygen atoms in total. The van der Waals surface area contributed by atoms with Gasteiger partial charge in [-0.15, -0.1) is 0 Å². The fraction of sp³-hybridized carbons (Fsp3) is 0.889. The van der Waals surface area contributed by atoms with E-state index in [1.165, 1.54) is 13.8 Å². The van der Waals surface area contributed by atoms with Gasteiger partial charge >= 0.3 is 18.3 Å². The molecule has 0 aromatic carbocycles. The van der Waals surface area contributed by atoms with Crippen molar-refractivity contribution in [1.82, 2.24) is 0 Å². The van der Waals surface area contributed by atoms with Crippen molar-refractivity contribution in [2.24, 2.45) is 5.92 Å². The number of halogens is 6. The molecule has 0 spiro atoms. The molecular weight excluding hydrogens is 270 g/mol. The van der Waals surface area contributed by atoms with Gasteiger partial charge in [0.05, 0.1) is 0 Å². The number of ether oxygens (including phenoxy) is 2. The average molecular weight is 282 g/mol. The van der Waals surface area contributed by atoms with Crippen LogP contribution < -0.4 is 0 Å². The first-order chi connectivity index (χ1) is 7.85. The minimum absolute atomic E-state index is 0.856. The molecule has 0 bridgehead atoms. The molecule has 18 heavy (non-hydrogen) atoms. The van der Waals surface area contributed by atoms with Gasteiger partial charge in [-0.2, -0.15) is 26.3 Å². The van der Waals surface area contributed by atoms with E-state index in [0.717, 1.165) is 6.92 Å². The van der Waals surface area contributed by atoms with Gasteiger partial charge in [0.2, 0.25) is 6.29 Å². The summed E-state index contributed by atoms with van der Waals surface area (Å²) in [7, 11) is 0. The Morgan fingerprint density at radius 3 is 1.61 bits per heavy atom. The topological polar surface area (TPSA) is 35.5 Å². The normalized spacial score (nSPS) is 15.1. The van der Waals surface area contributed by atoms with Crippen LogP contribution in [0, 0.1) is 5.92 Å². The van der Waals surface area contributed by atoms with Crippen LogP contribution in [0.5, 0.6) is 0 Å².